The fourth-order valence-corrected chi connectivity index (χ4v) is 2.54. The van der Waals surface area contributed by atoms with Crippen molar-refractivity contribution < 1.29 is 4.92 Å². The van der Waals surface area contributed by atoms with E-state index in [0.29, 0.717) is 17.9 Å². The van der Waals surface area contributed by atoms with Gasteiger partial charge in [-0.05, 0) is 19.1 Å². The van der Waals surface area contributed by atoms with Crippen LogP contribution in [0.4, 0.5) is 11.5 Å². The van der Waals surface area contributed by atoms with Gasteiger partial charge in [0.2, 0.25) is 5.82 Å². The molecule has 0 aliphatic rings. The minimum atomic E-state index is -0.347. The number of anilines is 1. The van der Waals surface area contributed by atoms with Gasteiger partial charge in [-0.3, -0.25) is 10.1 Å². The van der Waals surface area contributed by atoms with E-state index < -0.39 is 0 Å². The predicted molar refractivity (Wildman–Crippen MR) is 75.3 cm³/mol. The summed E-state index contributed by atoms with van der Waals surface area (Å²) >= 11 is 1.72. The molecule has 1 aromatic heterocycles. The summed E-state index contributed by atoms with van der Waals surface area (Å²) in [5.41, 5.74) is 0.642. The number of nitro groups is 1. The Labute approximate surface area is 111 Å². The molecular weight excluding hydrogens is 252 g/mol. The van der Waals surface area contributed by atoms with Gasteiger partial charge < -0.3 is 5.32 Å². The lowest BCUT2D eigenvalue weighted by Gasteiger charge is -2.16. The summed E-state index contributed by atoms with van der Waals surface area (Å²) in [5.74, 6) is 1.43. The Kier molecular flexibility index (Phi) is 5.46. The van der Waals surface area contributed by atoms with Crippen LogP contribution >= 0.6 is 11.8 Å². The number of hydrogen-bond donors (Lipinski definition) is 1. The summed E-state index contributed by atoms with van der Waals surface area (Å²) in [6.45, 7) is 3.94. The number of hydrogen-bond acceptors (Lipinski definition) is 5. The Hall–Kier alpha value is -1.24. The Balaban J connectivity index is 3.06. The molecule has 0 amide bonds. The number of nitrogens with zero attached hydrogens (tertiary/aromatic N) is 3. The minimum Gasteiger partial charge on any atom is -0.361 e. The zero-order valence-corrected chi connectivity index (χ0v) is 12.1. The molecule has 1 heterocycles. The van der Waals surface area contributed by atoms with E-state index >= 15 is 0 Å². The molecule has 6 nitrogen and oxygen atoms in total. The van der Waals surface area contributed by atoms with Crippen molar-refractivity contribution in [3.8, 4) is 0 Å². The van der Waals surface area contributed by atoms with E-state index in [2.05, 4.69) is 17.3 Å². The van der Waals surface area contributed by atoms with Crippen molar-refractivity contribution in [3.05, 3.63) is 15.8 Å². The highest BCUT2D eigenvalue weighted by atomic mass is 32.2. The second kappa shape index (κ2) is 6.63. The van der Waals surface area contributed by atoms with Crippen LogP contribution in [0, 0.1) is 10.1 Å². The molecule has 0 fully saturated rings. The SMILES string of the molecule is CCc1nn(C)c(NC(CC)CSC)c1[N+](=O)[O-]. The van der Waals surface area contributed by atoms with Gasteiger partial charge in [0.15, 0.2) is 0 Å². The maximum atomic E-state index is 11.1. The molecule has 7 heteroatoms. The first-order valence-corrected chi connectivity index (χ1v) is 7.40. The maximum absolute atomic E-state index is 11.1. The van der Waals surface area contributed by atoms with Gasteiger partial charge in [0.25, 0.3) is 0 Å². The molecule has 1 aromatic rings. The van der Waals surface area contributed by atoms with Gasteiger partial charge in [-0.2, -0.15) is 16.9 Å². The van der Waals surface area contributed by atoms with Crippen molar-refractivity contribution in [2.24, 2.45) is 7.05 Å². The van der Waals surface area contributed by atoms with Crippen molar-refractivity contribution in [3.63, 3.8) is 0 Å². The summed E-state index contributed by atoms with van der Waals surface area (Å²) in [5, 5.41) is 18.6. The molecule has 0 saturated carbocycles. The van der Waals surface area contributed by atoms with Crippen LogP contribution in [0.15, 0.2) is 0 Å². The molecule has 0 radical (unpaired) electrons. The Morgan fingerprint density at radius 1 is 1.56 bits per heavy atom. The maximum Gasteiger partial charge on any atom is 0.333 e. The standard InChI is InChI=1S/C11H20N4O2S/c1-5-8(7-18-4)12-11-10(15(16)17)9(6-2)13-14(11)3/h8,12H,5-7H2,1-4H3. The lowest BCUT2D eigenvalue weighted by molar-refractivity contribution is -0.384. The predicted octanol–water partition coefficient (Wildman–Crippen LogP) is 2.44. The second-order valence-corrected chi connectivity index (χ2v) is 4.99. The quantitative estimate of drug-likeness (QED) is 0.609. The number of rotatable bonds is 7. The van der Waals surface area contributed by atoms with Gasteiger partial charge in [-0.15, -0.1) is 0 Å². The first-order chi connectivity index (χ1) is 8.54. The van der Waals surface area contributed by atoms with Crippen molar-refractivity contribution in [2.75, 3.05) is 17.3 Å². The van der Waals surface area contributed by atoms with Gasteiger partial charge in [-0.1, -0.05) is 13.8 Å². The van der Waals surface area contributed by atoms with E-state index in [0.717, 1.165) is 12.2 Å². The summed E-state index contributed by atoms with van der Waals surface area (Å²) in [6, 6.07) is 0.221. The zero-order chi connectivity index (χ0) is 13.7. The highest BCUT2D eigenvalue weighted by Crippen LogP contribution is 2.29. The van der Waals surface area contributed by atoms with Crippen LogP contribution in [-0.4, -0.2) is 32.8 Å². The van der Waals surface area contributed by atoms with Crippen LogP contribution in [0.5, 0.6) is 0 Å². The highest BCUT2D eigenvalue weighted by Gasteiger charge is 2.26. The van der Waals surface area contributed by atoms with E-state index in [4.69, 9.17) is 0 Å². The third-order valence-corrected chi connectivity index (χ3v) is 3.55. The van der Waals surface area contributed by atoms with Crippen LogP contribution in [0.1, 0.15) is 26.0 Å². The van der Waals surface area contributed by atoms with E-state index in [9.17, 15) is 10.1 Å². The van der Waals surface area contributed by atoms with E-state index in [1.807, 2.05) is 13.2 Å². The normalized spacial score (nSPS) is 12.4. The van der Waals surface area contributed by atoms with Gasteiger partial charge in [0.1, 0.15) is 5.69 Å². The third-order valence-electron chi connectivity index (χ3n) is 2.81. The van der Waals surface area contributed by atoms with Crippen molar-refractivity contribution in [1.82, 2.24) is 9.78 Å². The third kappa shape index (κ3) is 3.16. The van der Waals surface area contributed by atoms with Gasteiger partial charge in [0.05, 0.1) is 4.92 Å². The molecular formula is C11H20N4O2S. The minimum absolute atomic E-state index is 0.111. The largest absolute Gasteiger partial charge is 0.361 e. The van der Waals surface area contributed by atoms with Crippen molar-refractivity contribution in [1.29, 1.82) is 0 Å². The van der Waals surface area contributed by atoms with Crippen LogP contribution in [0.25, 0.3) is 0 Å². The topological polar surface area (TPSA) is 73.0 Å². The van der Waals surface area contributed by atoms with E-state index in [1.54, 1.807) is 23.5 Å². The Morgan fingerprint density at radius 3 is 2.67 bits per heavy atom. The smallest absolute Gasteiger partial charge is 0.333 e. The second-order valence-electron chi connectivity index (χ2n) is 4.08. The monoisotopic (exact) mass is 272 g/mol. The molecule has 0 saturated heterocycles. The zero-order valence-electron chi connectivity index (χ0n) is 11.3. The molecule has 0 aliphatic carbocycles. The van der Waals surface area contributed by atoms with Gasteiger partial charge >= 0.3 is 5.69 Å². The Bertz CT molecular complexity index is 419. The fraction of sp³-hybridized carbons (Fsp3) is 0.727. The fourth-order valence-electron chi connectivity index (χ4n) is 1.82. The lowest BCUT2D eigenvalue weighted by Crippen LogP contribution is -2.23. The molecule has 1 unspecified atom stereocenters. The number of thioether (sulfide) groups is 1. The summed E-state index contributed by atoms with van der Waals surface area (Å²) < 4.78 is 1.57. The first kappa shape index (κ1) is 14.8. The molecule has 18 heavy (non-hydrogen) atoms. The highest BCUT2D eigenvalue weighted by molar-refractivity contribution is 7.98. The number of nitrogens with one attached hydrogen (secondary N) is 1. The average Bonchev–Trinajstić information content (AvgIpc) is 2.65. The number of aromatic nitrogens is 2. The lowest BCUT2D eigenvalue weighted by atomic mass is 10.2. The van der Waals surface area contributed by atoms with E-state index in [-0.39, 0.29) is 16.7 Å². The van der Waals surface area contributed by atoms with E-state index in [1.165, 1.54) is 0 Å². The van der Waals surface area contributed by atoms with Gasteiger partial charge in [-0.25, -0.2) is 4.68 Å². The van der Waals surface area contributed by atoms with Crippen LogP contribution in [-0.2, 0) is 13.5 Å². The summed E-state index contributed by atoms with van der Waals surface area (Å²) in [4.78, 5) is 10.8. The average molecular weight is 272 g/mol. The number of aryl methyl sites for hydroxylation is 2. The summed E-state index contributed by atoms with van der Waals surface area (Å²) in [7, 11) is 1.74. The summed E-state index contributed by atoms with van der Waals surface area (Å²) in [6.07, 6.45) is 3.51. The first-order valence-electron chi connectivity index (χ1n) is 6.00. The molecule has 0 spiro atoms. The van der Waals surface area contributed by atoms with Crippen LogP contribution in [0.3, 0.4) is 0 Å². The molecule has 1 N–H and O–H groups in total. The Morgan fingerprint density at radius 2 is 2.22 bits per heavy atom. The molecule has 0 bridgehead atoms. The van der Waals surface area contributed by atoms with Crippen molar-refractivity contribution >= 4 is 23.3 Å². The van der Waals surface area contributed by atoms with Crippen molar-refractivity contribution in [2.45, 2.75) is 32.7 Å². The van der Waals surface area contributed by atoms with Crippen LogP contribution in [0.2, 0.25) is 0 Å². The molecule has 0 aromatic carbocycles. The van der Waals surface area contributed by atoms with Crippen LogP contribution < -0.4 is 5.32 Å². The molecule has 1 rings (SSSR count). The molecule has 102 valence electrons. The molecule has 1 atom stereocenters. The molecule has 0 aliphatic heterocycles. The van der Waals surface area contributed by atoms with Gasteiger partial charge in [0, 0.05) is 18.8 Å².